The van der Waals surface area contributed by atoms with Crippen LogP contribution in [-0.4, -0.2) is 13.7 Å². The van der Waals surface area contributed by atoms with Crippen LogP contribution in [0.4, 0.5) is 17.1 Å². The number of anilines is 3. The van der Waals surface area contributed by atoms with E-state index in [4.69, 9.17) is 0 Å². The van der Waals surface area contributed by atoms with E-state index in [0.29, 0.717) is 0 Å². The first kappa shape index (κ1) is 27.7. The fraction of sp³-hybridized carbons (Fsp3) is 0. The Kier molecular flexibility index (Phi) is 5.47. The molecule has 12 rings (SSSR count). The van der Waals surface area contributed by atoms with Crippen LogP contribution in [0.25, 0.3) is 82.5 Å². The Bertz CT molecular complexity index is 3180. The van der Waals surface area contributed by atoms with Crippen LogP contribution >= 0.6 is 0 Å². The van der Waals surface area contributed by atoms with Crippen LogP contribution in [0.5, 0.6) is 0 Å². The number of fused-ring (bicyclic) bond motifs is 12. The van der Waals surface area contributed by atoms with Crippen LogP contribution in [0.15, 0.2) is 182 Å². The normalized spacial score (nSPS) is 12.6. The molecule has 242 valence electrons. The third kappa shape index (κ3) is 3.55. The van der Waals surface area contributed by atoms with Crippen molar-refractivity contribution in [2.24, 2.45) is 0 Å². The third-order valence-electron chi connectivity index (χ3n) is 11.1. The summed E-state index contributed by atoms with van der Waals surface area (Å²) in [7, 11) is 0. The highest BCUT2D eigenvalue weighted by molar-refractivity contribution is 6.28. The molecule has 0 atom stereocenters. The second-order valence-electron chi connectivity index (χ2n) is 13.8. The van der Waals surface area contributed by atoms with Crippen molar-refractivity contribution >= 4 is 82.5 Å². The van der Waals surface area contributed by atoms with Crippen molar-refractivity contribution in [2.75, 3.05) is 4.90 Å². The van der Waals surface area contributed by atoms with Gasteiger partial charge in [-0.2, -0.15) is 0 Å². The Labute approximate surface area is 299 Å². The van der Waals surface area contributed by atoms with Gasteiger partial charge in [0.1, 0.15) is 0 Å². The highest BCUT2D eigenvalue weighted by atomic mass is 15.2. The van der Waals surface area contributed by atoms with Crippen LogP contribution in [0.2, 0.25) is 0 Å². The maximum atomic E-state index is 2.49. The molecule has 4 nitrogen and oxygen atoms in total. The maximum Gasteiger partial charge on any atom is 0.0784 e. The van der Waals surface area contributed by atoms with Gasteiger partial charge in [0.25, 0.3) is 0 Å². The van der Waals surface area contributed by atoms with Gasteiger partial charge in [0.15, 0.2) is 0 Å². The van der Waals surface area contributed by atoms with Gasteiger partial charge in [-0.3, -0.25) is 0 Å². The lowest BCUT2D eigenvalue weighted by Crippen LogP contribution is -2.18. The average Bonchev–Trinajstić information content (AvgIpc) is 3.85. The number of hydrogen-bond donors (Lipinski definition) is 0. The zero-order chi connectivity index (χ0) is 33.9. The van der Waals surface area contributed by atoms with Crippen LogP contribution in [0.1, 0.15) is 0 Å². The first-order valence-electron chi connectivity index (χ1n) is 17.9. The minimum absolute atomic E-state index is 1.13. The zero-order valence-electron chi connectivity index (χ0n) is 28.1. The largest absolute Gasteiger partial charge is 0.309 e. The smallest absolute Gasteiger partial charge is 0.0784 e. The predicted molar refractivity (Wildman–Crippen MR) is 218 cm³/mol. The molecule has 52 heavy (non-hydrogen) atoms. The molecule has 4 heteroatoms. The van der Waals surface area contributed by atoms with E-state index in [-0.39, 0.29) is 0 Å². The first-order chi connectivity index (χ1) is 25.8. The summed E-state index contributed by atoms with van der Waals surface area (Å²) in [5, 5.41) is 7.59. The summed E-state index contributed by atoms with van der Waals surface area (Å²) < 4.78 is 7.33. The zero-order valence-corrected chi connectivity index (χ0v) is 28.1. The van der Waals surface area contributed by atoms with Crippen LogP contribution < -0.4 is 4.90 Å². The molecule has 0 bridgehead atoms. The molecule has 0 saturated heterocycles. The van der Waals surface area contributed by atoms with Gasteiger partial charge < -0.3 is 18.6 Å². The summed E-state index contributed by atoms with van der Waals surface area (Å²) in [6.45, 7) is 0. The maximum absolute atomic E-state index is 2.49. The predicted octanol–water partition coefficient (Wildman–Crippen LogP) is 12.8. The molecule has 1 aliphatic heterocycles. The quantitative estimate of drug-likeness (QED) is 0.184. The molecule has 0 spiro atoms. The van der Waals surface area contributed by atoms with Gasteiger partial charge in [0, 0.05) is 49.4 Å². The Balaban J connectivity index is 1.13. The summed E-state index contributed by atoms with van der Waals surface area (Å²) in [6.07, 6.45) is 0. The van der Waals surface area contributed by atoms with Crippen LogP contribution in [-0.2, 0) is 0 Å². The van der Waals surface area contributed by atoms with E-state index in [0.717, 1.165) is 17.1 Å². The number of aromatic nitrogens is 3. The van der Waals surface area contributed by atoms with Crippen LogP contribution in [0, 0.1) is 0 Å². The van der Waals surface area contributed by atoms with Gasteiger partial charge in [-0.05, 0) is 78.9 Å². The van der Waals surface area contributed by atoms with E-state index >= 15 is 0 Å². The topological polar surface area (TPSA) is 18.0 Å². The average molecular weight is 663 g/mol. The number of hydrogen-bond acceptors (Lipinski definition) is 1. The van der Waals surface area contributed by atoms with Crippen molar-refractivity contribution < 1.29 is 0 Å². The van der Waals surface area contributed by atoms with Crippen LogP contribution in [0.3, 0.4) is 0 Å². The summed E-state index contributed by atoms with van der Waals surface area (Å²) in [5.41, 5.74) is 14.3. The summed E-state index contributed by atoms with van der Waals surface area (Å²) in [5.74, 6) is 0. The molecular formula is C48H30N4. The Morgan fingerprint density at radius 2 is 0.769 bits per heavy atom. The minimum atomic E-state index is 1.13. The molecule has 3 aromatic heterocycles. The van der Waals surface area contributed by atoms with Gasteiger partial charge in [-0.15, -0.1) is 0 Å². The molecule has 0 fully saturated rings. The second kappa shape index (κ2) is 10.3. The molecule has 0 radical (unpaired) electrons. The lowest BCUT2D eigenvalue weighted by Gasteiger charge is -2.33. The monoisotopic (exact) mass is 662 g/mol. The third-order valence-corrected chi connectivity index (χ3v) is 11.1. The van der Waals surface area contributed by atoms with E-state index < -0.39 is 0 Å². The highest BCUT2D eigenvalue weighted by Crippen LogP contribution is 2.51. The first-order valence-corrected chi connectivity index (χ1v) is 17.9. The molecular weight excluding hydrogens is 633 g/mol. The number of para-hydroxylation sites is 7. The van der Waals surface area contributed by atoms with Crippen molar-refractivity contribution in [3.05, 3.63) is 182 Å². The number of rotatable bonds is 3. The molecule has 0 N–H and O–H groups in total. The molecule has 4 heterocycles. The molecule has 8 aromatic carbocycles. The van der Waals surface area contributed by atoms with Crippen molar-refractivity contribution in [1.29, 1.82) is 0 Å². The standard InChI is InChI=1S/C48H30N4/c1-2-13-31(14-3-1)51-41-21-9-6-17-36(41)37-29-30-44-46(48(37)51)38-18-12-24-45-47(38)52(44)43-23-11-10-22-42(43)50(45)33-27-25-32(26-28-33)49-39-19-7-4-15-34(39)35-16-5-8-20-40(35)49/h1-30H. The van der Waals surface area contributed by atoms with Crippen molar-refractivity contribution in [1.82, 2.24) is 13.7 Å². The molecule has 0 unspecified atom stereocenters. The summed E-state index contributed by atoms with van der Waals surface area (Å²) in [6, 6.07) is 66.4. The second-order valence-corrected chi connectivity index (χ2v) is 13.8. The summed E-state index contributed by atoms with van der Waals surface area (Å²) >= 11 is 0. The highest BCUT2D eigenvalue weighted by Gasteiger charge is 2.30. The van der Waals surface area contributed by atoms with Crippen molar-refractivity contribution in [2.45, 2.75) is 0 Å². The van der Waals surface area contributed by atoms with Crippen molar-refractivity contribution in [3.8, 4) is 17.1 Å². The summed E-state index contributed by atoms with van der Waals surface area (Å²) in [4.78, 5) is 2.44. The minimum Gasteiger partial charge on any atom is -0.309 e. The molecule has 1 aliphatic rings. The van der Waals surface area contributed by atoms with Gasteiger partial charge in [-0.25, -0.2) is 0 Å². The molecule has 0 saturated carbocycles. The fourth-order valence-corrected chi connectivity index (χ4v) is 9.06. The number of nitrogens with zero attached hydrogens (tertiary/aromatic N) is 4. The van der Waals surface area contributed by atoms with E-state index in [2.05, 4.69) is 201 Å². The SMILES string of the molecule is c1ccc(-n2c3ccccc3c3ccc4c(c5cccc6c5n4-c4ccccc4N6c4ccc(-n5c6ccccc6c6ccccc65)cc4)c32)cc1. The molecule has 11 aromatic rings. The van der Waals surface area contributed by atoms with E-state index in [9.17, 15) is 0 Å². The Hall–Kier alpha value is -7.04. The fourth-order valence-electron chi connectivity index (χ4n) is 9.06. The van der Waals surface area contributed by atoms with E-state index in [1.807, 2.05) is 0 Å². The van der Waals surface area contributed by atoms with Gasteiger partial charge in [0.2, 0.25) is 0 Å². The molecule has 0 aliphatic carbocycles. The van der Waals surface area contributed by atoms with E-state index in [1.54, 1.807) is 0 Å². The Morgan fingerprint density at radius 3 is 1.48 bits per heavy atom. The number of benzene rings is 8. The van der Waals surface area contributed by atoms with Gasteiger partial charge >= 0.3 is 0 Å². The van der Waals surface area contributed by atoms with Gasteiger partial charge in [0.05, 0.1) is 50.2 Å². The Morgan fingerprint density at radius 1 is 0.250 bits per heavy atom. The van der Waals surface area contributed by atoms with Crippen molar-refractivity contribution in [3.63, 3.8) is 0 Å². The lowest BCUT2D eigenvalue weighted by atomic mass is 10.1. The molecule has 0 amide bonds. The van der Waals surface area contributed by atoms with E-state index in [1.165, 1.54) is 82.5 Å². The lowest BCUT2D eigenvalue weighted by molar-refractivity contribution is 1.11. The van der Waals surface area contributed by atoms with Gasteiger partial charge in [-0.1, -0.05) is 103 Å².